The number of para-hydroxylation sites is 1. The zero-order valence-electron chi connectivity index (χ0n) is 13.8. The lowest BCUT2D eigenvalue weighted by molar-refractivity contribution is -0.116. The van der Waals surface area contributed by atoms with Gasteiger partial charge in [0.25, 0.3) is 5.56 Å². The van der Waals surface area contributed by atoms with Gasteiger partial charge in [-0.15, -0.1) is 0 Å². The molecule has 0 aliphatic heterocycles. The fraction of sp³-hybridized carbons (Fsp3) is 0.294. The van der Waals surface area contributed by atoms with Crippen LogP contribution in [0.3, 0.4) is 0 Å². The van der Waals surface area contributed by atoms with Crippen LogP contribution in [-0.2, 0) is 16.1 Å². The molecule has 7 nitrogen and oxygen atoms in total. The quantitative estimate of drug-likeness (QED) is 0.843. The molecule has 2 rings (SSSR count). The predicted octanol–water partition coefficient (Wildman–Crippen LogP) is 1.68. The lowest BCUT2D eigenvalue weighted by Gasteiger charge is -2.12. The molecule has 0 spiro atoms. The van der Waals surface area contributed by atoms with Crippen LogP contribution in [0.25, 0.3) is 0 Å². The standard InChI is InChI=1S/C17H19N3O4/c1-4-24-17(23)13-7-5-6-8-14(13)19-15(21)10-20-12(3)18-11(2)9-16(20)22/h5-9H,4,10H2,1-3H3,(H,19,21). The minimum atomic E-state index is -0.515. The number of aromatic nitrogens is 2. The third-order valence-corrected chi connectivity index (χ3v) is 3.33. The molecule has 0 saturated heterocycles. The van der Waals surface area contributed by atoms with E-state index in [1.165, 1.54) is 10.6 Å². The number of benzene rings is 1. The number of carbonyl (C=O) groups excluding carboxylic acids is 2. The average molecular weight is 329 g/mol. The maximum atomic E-state index is 12.3. The number of ether oxygens (including phenoxy) is 1. The number of nitrogens with one attached hydrogen (secondary N) is 1. The molecule has 0 radical (unpaired) electrons. The van der Waals surface area contributed by atoms with Gasteiger partial charge in [-0.25, -0.2) is 9.78 Å². The summed E-state index contributed by atoms with van der Waals surface area (Å²) in [4.78, 5) is 40.3. The molecule has 0 unspecified atom stereocenters. The minimum Gasteiger partial charge on any atom is -0.462 e. The normalized spacial score (nSPS) is 10.3. The van der Waals surface area contributed by atoms with E-state index < -0.39 is 11.9 Å². The predicted molar refractivity (Wildman–Crippen MR) is 89.0 cm³/mol. The highest BCUT2D eigenvalue weighted by Crippen LogP contribution is 2.16. The fourth-order valence-corrected chi connectivity index (χ4v) is 2.27. The summed E-state index contributed by atoms with van der Waals surface area (Å²) in [6.45, 7) is 5.14. The van der Waals surface area contributed by atoms with E-state index in [2.05, 4.69) is 10.3 Å². The molecule has 0 atom stereocenters. The van der Waals surface area contributed by atoms with Crippen LogP contribution in [0.2, 0.25) is 0 Å². The molecule has 2 aromatic rings. The first-order valence-corrected chi connectivity index (χ1v) is 7.53. The van der Waals surface area contributed by atoms with E-state index >= 15 is 0 Å². The molecule has 1 aromatic carbocycles. The van der Waals surface area contributed by atoms with Crippen molar-refractivity contribution in [1.29, 1.82) is 0 Å². The summed E-state index contributed by atoms with van der Waals surface area (Å²) < 4.78 is 6.24. The van der Waals surface area contributed by atoms with Gasteiger partial charge < -0.3 is 10.1 Å². The first kappa shape index (κ1) is 17.4. The van der Waals surface area contributed by atoms with Gasteiger partial charge in [0.05, 0.1) is 17.9 Å². The van der Waals surface area contributed by atoms with Gasteiger partial charge in [0.1, 0.15) is 12.4 Å². The van der Waals surface area contributed by atoms with Gasteiger partial charge in [-0.1, -0.05) is 12.1 Å². The van der Waals surface area contributed by atoms with Crippen LogP contribution in [0.4, 0.5) is 5.69 Å². The van der Waals surface area contributed by atoms with Crippen LogP contribution < -0.4 is 10.9 Å². The van der Waals surface area contributed by atoms with E-state index in [1.807, 2.05) is 0 Å². The lowest BCUT2D eigenvalue weighted by atomic mass is 10.2. The monoisotopic (exact) mass is 329 g/mol. The topological polar surface area (TPSA) is 90.3 Å². The summed E-state index contributed by atoms with van der Waals surface area (Å²) in [5.41, 5.74) is 0.904. The second kappa shape index (κ2) is 7.54. The van der Waals surface area contributed by atoms with Crippen molar-refractivity contribution in [2.45, 2.75) is 27.3 Å². The van der Waals surface area contributed by atoms with Crippen molar-refractivity contribution < 1.29 is 14.3 Å². The first-order valence-electron chi connectivity index (χ1n) is 7.53. The number of aryl methyl sites for hydroxylation is 2. The number of nitrogens with zero attached hydrogens (tertiary/aromatic N) is 2. The van der Waals surface area contributed by atoms with Gasteiger partial charge in [-0.05, 0) is 32.9 Å². The average Bonchev–Trinajstić information content (AvgIpc) is 2.51. The van der Waals surface area contributed by atoms with Gasteiger partial charge >= 0.3 is 5.97 Å². The van der Waals surface area contributed by atoms with Crippen LogP contribution in [0.15, 0.2) is 35.1 Å². The van der Waals surface area contributed by atoms with Crippen LogP contribution in [0.1, 0.15) is 28.8 Å². The molecular weight excluding hydrogens is 310 g/mol. The number of hydrogen-bond acceptors (Lipinski definition) is 5. The van der Waals surface area contributed by atoms with Gasteiger partial charge in [0, 0.05) is 11.8 Å². The van der Waals surface area contributed by atoms with Crippen molar-refractivity contribution in [3.05, 3.63) is 57.8 Å². The van der Waals surface area contributed by atoms with Gasteiger partial charge in [-0.3, -0.25) is 14.2 Å². The Balaban J connectivity index is 2.20. The Morgan fingerprint density at radius 1 is 1.25 bits per heavy atom. The van der Waals surface area contributed by atoms with E-state index in [0.717, 1.165) is 0 Å². The number of anilines is 1. The molecule has 1 N–H and O–H groups in total. The summed E-state index contributed by atoms with van der Waals surface area (Å²) in [6, 6.07) is 7.92. The molecule has 0 aliphatic rings. The summed E-state index contributed by atoms with van der Waals surface area (Å²) in [6.07, 6.45) is 0. The molecule has 0 fully saturated rings. The molecule has 0 saturated carbocycles. The Morgan fingerprint density at radius 2 is 1.96 bits per heavy atom. The Labute approximate surface area is 139 Å². The van der Waals surface area contributed by atoms with Gasteiger partial charge in [0.2, 0.25) is 5.91 Å². The van der Waals surface area contributed by atoms with E-state index in [0.29, 0.717) is 17.2 Å². The highest BCUT2D eigenvalue weighted by atomic mass is 16.5. The van der Waals surface area contributed by atoms with Crippen molar-refractivity contribution >= 4 is 17.6 Å². The number of esters is 1. The third-order valence-electron chi connectivity index (χ3n) is 3.33. The second-order valence-electron chi connectivity index (χ2n) is 5.18. The Bertz CT molecular complexity index is 827. The van der Waals surface area contributed by atoms with E-state index in [9.17, 15) is 14.4 Å². The lowest BCUT2D eigenvalue weighted by Crippen LogP contribution is -2.30. The van der Waals surface area contributed by atoms with Crippen molar-refractivity contribution in [2.24, 2.45) is 0 Å². The largest absolute Gasteiger partial charge is 0.462 e. The third kappa shape index (κ3) is 4.07. The molecule has 1 aromatic heterocycles. The van der Waals surface area contributed by atoms with E-state index in [4.69, 9.17) is 4.74 Å². The van der Waals surface area contributed by atoms with Crippen molar-refractivity contribution in [2.75, 3.05) is 11.9 Å². The van der Waals surface area contributed by atoms with Crippen molar-refractivity contribution in [1.82, 2.24) is 9.55 Å². The van der Waals surface area contributed by atoms with Crippen LogP contribution in [-0.4, -0.2) is 28.0 Å². The van der Waals surface area contributed by atoms with Crippen LogP contribution in [0, 0.1) is 13.8 Å². The van der Waals surface area contributed by atoms with Crippen LogP contribution in [0.5, 0.6) is 0 Å². The second-order valence-corrected chi connectivity index (χ2v) is 5.18. The SMILES string of the molecule is CCOC(=O)c1ccccc1NC(=O)Cn1c(C)nc(C)cc1=O. The summed E-state index contributed by atoms with van der Waals surface area (Å²) in [7, 11) is 0. The first-order chi connectivity index (χ1) is 11.4. The molecule has 1 amide bonds. The zero-order valence-corrected chi connectivity index (χ0v) is 13.8. The highest BCUT2D eigenvalue weighted by molar-refractivity contribution is 6.01. The maximum Gasteiger partial charge on any atom is 0.340 e. The fourth-order valence-electron chi connectivity index (χ4n) is 2.27. The molecule has 7 heteroatoms. The van der Waals surface area contributed by atoms with Crippen molar-refractivity contribution in [3.8, 4) is 0 Å². The molecule has 24 heavy (non-hydrogen) atoms. The molecule has 0 bridgehead atoms. The maximum absolute atomic E-state index is 12.3. The molecular formula is C17H19N3O4. The molecule has 0 aliphatic carbocycles. The zero-order chi connectivity index (χ0) is 17.7. The number of hydrogen-bond donors (Lipinski definition) is 1. The molecule has 126 valence electrons. The Kier molecular flexibility index (Phi) is 5.47. The number of rotatable bonds is 5. The Hall–Kier alpha value is -2.96. The summed E-state index contributed by atoms with van der Waals surface area (Å²) >= 11 is 0. The smallest absolute Gasteiger partial charge is 0.340 e. The summed E-state index contributed by atoms with van der Waals surface area (Å²) in [5, 5.41) is 2.64. The number of amides is 1. The minimum absolute atomic E-state index is 0.185. The van der Waals surface area contributed by atoms with Gasteiger partial charge in [-0.2, -0.15) is 0 Å². The molecule has 1 heterocycles. The highest BCUT2D eigenvalue weighted by Gasteiger charge is 2.15. The van der Waals surface area contributed by atoms with Crippen LogP contribution >= 0.6 is 0 Å². The van der Waals surface area contributed by atoms with Gasteiger partial charge in [0.15, 0.2) is 0 Å². The summed E-state index contributed by atoms with van der Waals surface area (Å²) in [5.74, 6) is -0.491. The Morgan fingerprint density at radius 3 is 2.62 bits per heavy atom. The number of carbonyl (C=O) groups is 2. The van der Waals surface area contributed by atoms with E-state index in [-0.39, 0.29) is 24.3 Å². The van der Waals surface area contributed by atoms with Crippen molar-refractivity contribution in [3.63, 3.8) is 0 Å². The van der Waals surface area contributed by atoms with E-state index in [1.54, 1.807) is 45.0 Å².